The molecule has 0 aromatic heterocycles. The number of hydrogen-bond donors (Lipinski definition) is 1. The molecule has 0 aliphatic carbocycles. The van der Waals surface area contributed by atoms with Crippen molar-refractivity contribution in [3.63, 3.8) is 0 Å². The zero-order valence-electron chi connectivity index (χ0n) is 12.0. The molecule has 3 rings (SSSR count). The summed E-state index contributed by atoms with van der Waals surface area (Å²) in [5, 5.41) is 3.37. The van der Waals surface area contributed by atoms with Crippen LogP contribution in [0.25, 0.3) is 0 Å². The first-order valence-corrected chi connectivity index (χ1v) is 8.93. The average Bonchev–Trinajstić information content (AvgIpc) is 2.48. The molecule has 2 fully saturated rings. The first kappa shape index (κ1) is 14.9. The number of nitrogens with zero attached hydrogens (tertiary/aromatic N) is 1. The lowest BCUT2D eigenvalue weighted by atomic mass is 9.75. The molecule has 0 amide bonds. The number of rotatable bonds is 2. The second-order valence-corrected chi connectivity index (χ2v) is 8.06. The third-order valence-electron chi connectivity index (χ3n) is 4.64. The van der Waals surface area contributed by atoms with Crippen molar-refractivity contribution in [2.75, 3.05) is 26.2 Å². The lowest BCUT2D eigenvalue weighted by molar-refractivity contribution is 0.110. The summed E-state index contributed by atoms with van der Waals surface area (Å²) in [7, 11) is -3.74. The standard InChI is InChI=1S/C15H21FN2O2S/c16-13-5-1-2-6-14(13)21(19,20)18-10-4-8-15(12-18)7-3-9-17-11-15/h1-2,5-6,17H,3-4,7-12H2. The van der Waals surface area contributed by atoms with Gasteiger partial charge in [0.05, 0.1) is 0 Å². The fraction of sp³-hybridized carbons (Fsp3) is 0.600. The molecular weight excluding hydrogens is 291 g/mol. The van der Waals surface area contributed by atoms with Crippen LogP contribution in [0.5, 0.6) is 0 Å². The Balaban J connectivity index is 1.87. The molecule has 4 nitrogen and oxygen atoms in total. The summed E-state index contributed by atoms with van der Waals surface area (Å²) in [6, 6.07) is 5.63. The zero-order chi connectivity index (χ0) is 14.9. The largest absolute Gasteiger partial charge is 0.316 e. The lowest BCUT2D eigenvalue weighted by Gasteiger charge is -2.44. The Bertz CT molecular complexity index is 606. The van der Waals surface area contributed by atoms with Crippen molar-refractivity contribution in [2.45, 2.75) is 30.6 Å². The van der Waals surface area contributed by atoms with Gasteiger partial charge in [-0.25, -0.2) is 12.8 Å². The predicted molar refractivity (Wildman–Crippen MR) is 78.9 cm³/mol. The van der Waals surface area contributed by atoms with E-state index in [2.05, 4.69) is 5.32 Å². The summed E-state index contributed by atoms with van der Waals surface area (Å²) >= 11 is 0. The number of benzene rings is 1. The van der Waals surface area contributed by atoms with E-state index >= 15 is 0 Å². The van der Waals surface area contributed by atoms with Crippen molar-refractivity contribution in [3.05, 3.63) is 30.1 Å². The molecule has 1 N–H and O–H groups in total. The maximum Gasteiger partial charge on any atom is 0.246 e. The van der Waals surface area contributed by atoms with Gasteiger partial charge in [0.1, 0.15) is 10.7 Å². The van der Waals surface area contributed by atoms with Gasteiger partial charge < -0.3 is 5.32 Å². The summed E-state index contributed by atoms with van der Waals surface area (Å²) in [4.78, 5) is -0.203. The van der Waals surface area contributed by atoms with Crippen LogP contribution in [0, 0.1) is 11.2 Å². The van der Waals surface area contributed by atoms with Gasteiger partial charge in [-0.05, 0) is 49.8 Å². The second-order valence-electron chi connectivity index (χ2n) is 6.15. The summed E-state index contributed by atoms with van der Waals surface area (Å²) in [6.45, 7) is 2.84. The summed E-state index contributed by atoms with van der Waals surface area (Å²) < 4.78 is 40.7. The fourth-order valence-corrected chi connectivity index (χ4v) is 5.20. The summed E-state index contributed by atoms with van der Waals surface area (Å²) in [5.41, 5.74) is 0.0226. The van der Waals surface area contributed by atoms with Crippen molar-refractivity contribution < 1.29 is 12.8 Å². The quantitative estimate of drug-likeness (QED) is 0.908. The smallest absolute Gasteiger partial charge is 0.246 e. The van der Waals surface area contributed by atoms with Crippen LogP contribution in [0.4, 0.5) is 4.39 Å². The molecule has 1 atom stereocenters. The van der Waals surface area contributed by atoms with Crippen LogP contribution < -0.4 is 5.32 Å². The Hall–Kier alpha value is -0.980. The van der Waals surface area contributed by atoms with Crippen molar-refractivity contribution in [1.29, 1.82) is 0 Å². The molecule has 2 saturated heterocycles. The Labute approximate surface area is 125 Å². The first-order valence-electron chi connectivity index (χ1n) is 7.49. The lowest BCUT2D eigenvalue weighted by Crippen LogP contribution is -2.52. The molecule has 1 unspecified atom stereocenters. The Morgan fingerprint density at radius 2 is 1.95 bits per heavy atom. The number of hydrogen-bond acceptors (Lipinski definition) is 3. The van der Waals surface area contributed by atoms with E-state index in [1.807, 2.05) is 0 Å². The minimum Gasteiger partial charge on any atom is -0.316 e. The molecule has 116 valence electrons. The minimum absolute atomic E-state index is 0.0226. The normalized spacial score (nSPS) is 27.9. The molecular formula is C15H21FN2O2S. The number of sulfonamides is 1. The van der Waals surface area contributed by atoms with E-state index in [0.29, 0.717) is 13.1 Å². The Morgan fingerprint density at radius 3 is 2.67 bits per heavy atom. The van der Waals surface area contributed by atoms with Crippen LogP contribution in [0.15, 0.2) is 29.2 Å². The highest BCUT2D eigenvalue weighted by atomic mass is 32.2. The van der Waals surface area contributed by atoms with Crippen LogP contribution in [-0.4, -0.2) is 38.9 Å². The van der Waals surface area contributed by atoms with E-state index in [9.17, 15) is 12.8 Å². The topological polar surface area (TPSA) is 49.4 Å². The van der Waals surface area contributed by atoms with Crippen LogP contribution in [0.2, 0.25) is 0 Å². The third kappa shape index (κ3) is 2.84. The van der Waals surface area contributed by atoms with Crippen molar-refractivity contribution in [3.8, 4) is 0 Å². The SMILES string of the molecule is O=S(=O)(c1ccccc1F)N1CCCC2(CCCNC2)C1. The maximum atomic E-state index is 13.9. The van der Waals surface area contributed by atoms with Crippen molar-refractivity contribution in [1.82, 2.24) is 9.62 Å². The minimum atomic E-state index is -3.74. The Morgan fingerprint density at radius 1 is 1.19 bits per heavy atom. The van der Waals surface area contributed by atoms with Gasteiger partial charge in [0.25, 0.3) is 0 Å². The molecule has 0 saturated carbocycles. The monoisotopic (exact) mass is 312 g/mol. The van der Waals surface area contributed by atoms with Gasteiger partial charge in [0.15, 0.2) is 0 Å². The maximum absolute atomic E-state index is 13.9. The molecule has 1 aromatic carbocycles. The second kappa shape index (κ2) is 5.66. The zero-order valence-corrected chi connectivity index (χ0v) is 12.8. The van der Waals surface area contributed by atoms with Gasteiger partial charge in [0, 0.05) is 19.6 Å². The van der Waals surface area contributed by atoms with Gasteiger partial charge in [-0.1, -0.05) is 12.1 Å². The van der Waals surface area contributed by atoms with Gasteiger partial charge >= 0.3 is 0 Å². The van der Waals surface area contributed by atoms with Gasteiger partial charge in [-0.2, -0.15) is 4.31 Å². The highest BCUT2D eigenvalue weighted by molar-refractivity contribution is 7.89. The highest BCUT2D eigenvalue weighted by Crippen LogP contribution is 2.38. The van der Waals surface area contributed by atoms with Gasteiger partial charge in [-0.15, -0.1) is 0 Å². The molecule has 0 bridgehead atoms. The highest BCUT2D eigenvalue weighted by Gasteiger charge is 2.41. The van der Waals surface area contributed by atoms with E-state index in [0.717, 1.165) is 38.8 Å². The molecule has 2 heterocycles. The van der Waals surface area contributed by atoms with Crippen LogP contribution in [0.3, 0.4) is 0 Å². The van der Waals surface area contributed by atoms with Crippen LogP contribution in [-0.2, 0) is 10.0 Å². The molecule has 1 aromatic rings. The van der Waals surface area contributed by atoms with E-state index in [1.165, 1.54) is 22.5 Å². The van der Waals surface area contributed by atoms with Crippen LogP contribution >= 0.6 is 0 Å². The van der Waals surface area contributed by atoms with E-state index in [4.69, 9.17) is 0 Å². The Kier molecular flexibility index (Phi) is 4.03. The van der Waals surface area contributed by atoms with Crippen molar-refractivity contribution >= 4 is 10.0 Å². The average molecular weight is 312 g/mol. The first-order chi connectivity index (χ1) is 10.0. The molecule has 2 aliphatic rings. The number of nitrogens with one attached hydrogen (secondary N) is 1. The molecule has 2 aliphatic heterocycles. The summed E-state index contributed by atoms with van der Waals surface area (Å²) in [5.74, 6) is -0.668. The fourth-order valence-electron chi connectivity index (χ4n) is 3.54. The molecule has 21 heavy (non-hydrogen) atoms. The van der Waals surface area contributed by atoms with Crippen LogP contribution in [0.1, 0.15) is 25.7 Å². The van der Waals surface area contributed by atoms with Crippen molar-refractivity contribution in [2.24, 2.45) is 5.41 Å². The summed E-state index contributed by atoms with van der Waals surface area (Å²) in [6.07, 6.45) is 4.01. The molecule has 1 spiro atoms. The predicted octanol–water partition coefficient (Wildman–Crippen LogP) is 1.98. The number of piperidine rings is 2. The third-order valence-corrected chi connectivity index (χ3v) is 6.52. The van der Waals surface area contributed by atoms with Gasteiger partial charge in [0.2, 0.25) is 10.0 Å². The number of halogens is 1. The van der Waals surface area contributed by atoms with E-state index in [1.54, 1.807) is 6.07 Å². The molecule has 0 radical (unpaired) electrons. The molecule has 6 heteroatoms. The van der Waals surface area contributed by atoms with E-state index in [-0.39, 0.29) is 10.3 Å². The van der Waals surface area contributed by atoms with E-state index < -0.39 is 15.8 Å². The van der Waals surface area contributed by atoms with Gasteiger partial charge in [-0.3, -0.25) is 0 Å².